The first kappa shape index (κ1) is 27.1. The minimum Gasteiger partial charge on any atom is -0.414 e. The van der Waals surface area contributed by atoms with E-state index >= 15 is 0 Å². The van der Waals surface area contributed by atoms with Gasteiger partial charge in [-0.05, 0) is 54.9 Å². The lowest BCUT2D eigenvalue weighted by Crippen LogP contribution is -2.44. The number of ether oxygens (including phenoxy) is 2. The van der Waals surface area contributed by atoms with Gasteiger partial charge in [0, 0.05) is 12.5 Å². The quantitative estimate of drug-likeness (QED) is 0.245. The second-order valence-corrected chi connectivity index (χ2v) is 15.9. The predicted molar refractivity (Wildman–Crippen MR) is 141 cm³/mol. The lowest BCUT2D eigenvalue weighted by Gasteiger charge is -2.39. The maximum absolute atomic E-state index is 9.38. The lowest BCUT2D eigenvalue weighted by atomic mass is 10.0. The molecule has 2 aromatic rings. The van der Waals surface area contributed by atoms with Crippen LogP contribution in [0.1, 0.15) is 57.6 Å². The van der Waals surface area contributed by atoms with Crippen molar-refractivity contribution in [2.45, 2.75) is 102 Å². The van der Waals surface area contributed by atoms with E-state index in [1.807, 2.05) is 18.2 Å². The average molecular weight is 485 g/mol. The number of epoxide rings is 1. The molecule has 1 N–H and O–H groups in total. The Morgan fingerprint density at radius 1 is 0.882 bits per heavy atom. The first-order chi connectivity index (χ1) is 16.2. The summed E-state index contributed by atoms with van der Waals surface area (Å²) in [6.45, 7) is 12.3. The zero-order chi connectivity index (χ0) is 24.6. The molecule has 1 fully saturated rings. The summed E-state index contributed by atoms with van der Waals surface area (Å²) >= 11 is 0. The van der Waals surface area contributed by atoms with Crippen molar-refractivity contribution in [3.8, 4) is 0 Å². The third-order valence-electron chi connectivity index (χ3n) is 7.32. The van der Waals surface area contributed by atoms with Gasteiger partial charge in [-0.3, -0.25) is 0 Å². The van der Waals surface area contributed by atoms with Crippen molar-refractivity contribution in [3.05, 3.63) is 71.8 Å². The van der Waals surface area contributed by atoms with E-state index in [1.54, 1.807) is 0 Å². The smallest absolute Gasteiger partial charge is 0.192 e. The monoisotopic (exact) mass is 484 g/mol. The third kappa shape index (κ3) is 8.62. The Bertz CT molecular complexity index is 834. The molecule has 0 bridgehead atoms. The fourth-order valence-electron chi connectivity index (χ4n) is 4.11. The van der Waals surface area contributed by atoms with Crippen molar-refractivity contribution in [1.29, 1.82) is 0 Å². The standard InChI is InChI=1S/C29H44O4Si/c1-29(2,3)34(4,5)33-26(19-23-13-8-6-9-14-23)18-12-17-25(20-27-28(21-30)32-27)31-22-24-15-10-7-11-16-24/h6-11,13-16,25-28,30H,12,17-22H2,1-5H3/t25-,26+,27-,28+/m0/s1. The van der Waals surface area contributed by atoms with Crippen LogP contribution >= 0.6 is 0 Å². The molecule has 3 rings (SSSR count). The first-order valence-electron chi connectivity index (χ1n) is 12.8. The van der Waals surface area contributed by atoms with Crippen LogP contribution in [0.15, 0.2) is 60.7 Å². The fourth-order valence-corrected chi connectivity index (χ4v) is 5.50. The van der Waals surface area contributed by atoms with Crippen LogP contribution in [0.4, 0.5) is 0 Å². The Morgan fingerprint density at radius 3 is 2.03 bits per heavy atom. The molecule has 1 aliphatic heterocycles. The average Bonchev–Trinajstić information content (AvgIpc) is 3.55. The summed E-state index contributed by atoms with van der Waals surface area (Å²) in [4.78, 5) is 0. The highest BCUT2D eigenvalue weighted by molar-refractivity contribution is 6.74. The van der Waals surface area contributed by atoms with Crippen molar-refractivity contribution in [3.63, 3.8) is 0 Å². The summed E-state index contributed by atoms with van der Waals surface area (Å²) in [5.41, 5.74) is 2.52. The summed E-state index contributed by atoms with van der Waals surface area (Å²) in [6, 6.07) is 21.0. The minimum atomic E-state index is -1.87. The Hall–Kier alpha value is -1.50. The van der Waals surface area contributed by atoms with Crippen LogP contribution in [0.25, 0.3) is 0 Å². The molecule has 4 atom stereocenters. The van der Waals surface area contributed by atoms with Crippen molar-refractivity contribution >= 4 is 8.32 Å². The molecule has 0 radical (unpaired) electrons. The molecule has 1 saturated heterocycles. The highest BCUT2D eigenvalue weighted by atomic mass is 28.4. The zero-order valence-electron chi connectivity index (χ0n) is 21.7. The SMILES string of the molecule is CC(C)(C)[Si](C)(C)O[C@H](CCC[C@@H](C[C@@H]1O[C@@H]1CO)OCc1ccccc1)Cc1ccccc1. The molecule has 0 aliphatic carbocycles. The second kappa shape index (κ2) is 12.5. The largest absolute Gasteiger partial charge is 0.414 e. The van der Waals surface area contributed by atoms with Crippen LogP contribution in [0.5, 0.6) is 0 Å². The second-order valence-electron chi connectivity index (χ2n) is 11.2. The van der Waals surface area contributed by atoms with Gasteiger partial charge in [-0.2, -0.15) is 0 Å². The summed E-state index contributed by atoms with van der Waals surface area (Å²) in [5.74, 6) is 0. The van der Waals surface area contributed by atoms with E-state index in [1.165, 1.54) is 11.1 Å². The molecule has 5 heteroatoms. The maximum atomic E-state index is 9.38. The first-order valence-corrected chi connectivity index (χ1v) is 15.7. The van der Waals surface area contributed by atoms with Crippen LogP contribution in [-0.2, 0) is 26.9 Å². The van der Waals surface area contributed by atoms with Gasteiger partial charge >= 0.3 is 0 Å². The van der Waals surface area contributed by atoms with Gasteiger partial charge in [-0.15, -0.1) is 0 Å². The minimum absolute atomic E-state index is 0.0180. The zero-order valence-corrected chi connectivity index (χ0v) is 22.7. The van der Waals surface area contributed by atoms with Crippen LogP contribution in [-0.4, -0.2) is 44.4 Å². The number of benzene rings is 2. The number of hydrogen-bond acceptors (Lipinski definition) is 4. The maximum Gasteiger partial charge on any atom is 0.192 e. The van der Waals surface area contributed by atoms with Crippen LogP contribution in [0.3, 0.4) is 0 Å². The van der Waals surface area contributed by atoms with Gasteiger partial charge in [0.1, 0.15) is 6.10 Å². The van der Waals surface area contributed by atoms with E-state index in [0.717, 1.165) is 32.1 Å². The molecule has 34 heavy (non-hydrogen) atoms. The molecule has 0 unspecified atom stereocenters. The van der Waals surface area contributed by atoms with Crippen molar-refractivity contribution in [2.24, 2.45) is 0 Å². The van der Waals surface area contributed by atoms with E-state index in [2.05, 4.69) is 76.3 Å². The van der Waals surface area contributed by atoms with E-state index in [9.17, 15) is 5.11 Å². The molecule has 0 amide bonds. The van der Waals surface area contributed by atoms with Crippen LogP contribution in [0.2, 0.25) is 18.1 Å². The van der Waals surface area contributed by atoms with Crippen molar-refractivity contribution in [2.75, 3.05) is 6.61 Å². The number of hydrogen-bond donors (Lipinski definition) is 1. The summed E-state index contributed by atoms with van der Waals surface area (Å²) < 4.78 is 18.8. The number of aliphatic hydroxyl groups excluding tert-OH is 1. The van der Waals surface area contributed by atoms with Gasteiger partial charge in [-0.25, -0.2) is 0 Å². The topological polar surface area (TPSA) is 51.2 Å². The molecule has 2 aromatic carbocycles. The lowest BCUT2D eigenvalue weighted by molar-refractivity contribution is 0.0211. The fraction of sp³-hybridized carbons (Fsp3) is 0.586. The van der Waals surface area contributed by atoms with Gasteiger partial charge in [0.05, 0.1) is 25.4 Å². The van der Waals surface area contributed by atoms with Crippen LogP contribution in [0, 0.1) is 0 Å². The van der Waals surface area contributed by atoms with Crippen molar-refractivity contribution < 1.29 is 19.0 Å². The Labute approximate surface area is 207 Å². The molecule has 1 aliphatic rings. The van der Waals surface area contributed by atoms with Gasteiger partial charge in [0.15, 0.2) is 8.32 Å². The molecule has 4 nitrogen and oxygen atoms in total. The number of rotatable bonds is 14. The molecule has 0 saturated carbocycles. The molecule has 0 aromatic heterocycles. The van der Waals surface area contributed by atoms with Crippen LogP contribution < -0.4 is 0 Å². The Morgan fingerprint density at radius 2 is 1.47 bits per heavy atom. The van der Waals surface area contributed by atoms with E-state index in [-0.39, 0.29) is 36.1 Å². The van der Waals surface area contributed by atoms with Gasteiger partial charge < -0.3 is 19.0 Å². The number of aliphatic hydroxyl groups is 1. The van der Waals surface area contributed by atoms with E-state index in [0.29, 0.717) is 6.61 Å². The molecular weight excluding hydrogens is 440 g/mol. The highest BCUT2D eigenvalue weighted by Crippen LogP contribution is 2.38. The molecule has 0 spiro atoms. The van der Waals surface area contributed by atoms with Gasteiger partial charge in [0.25, 0.3) is 0 Å². The summed E-state index contributed by atoms with van der Waals surface area (Å²) in [6.07, 6.45) is 5.24. The molecule has 188 valence electrons. The predicted octanol–water partition coefficient (Wildman–Crippen LogP) is 6.53. The van der Waals surface area contributed by atoms with E-state index in [4.69, 9.17) is 13.9 Å². The van der Waals surface area contributed by atoms with E-state index < -0.39 is 8.32 Å². The highest BCUT2D eigenvalue weighted by Gasteiger charge is 2.40. The van der Waals surface area contributed by atoms with Crippen molar-refractivity contribution in [1.82, 2.24) is 0 Å². The normalized spacial score (nSPS) is 20.2. The van der Waals surface area contributed by atoms with Gasteiger partial charge in [-0.1, -0.05) is 81.4 Å². The summed E-state index contributed by atoms with van der Waals surface area (Å²) in [5, 5.41) is 9.57. The Balaban J connectivity index is 1.59. The summed E-state index contributed by atoms with van der Waals surface area (Å²) in [7, 11) is -1.87. The molecule has 1 heterocycles. The Kier molecular flexibility index (Phi) is 9.92. The molecular formula is C29H44O4Si. The third-order valence-corrected chi connectivity index (χ3v) is 11.9. The van der Waals surface area contributed by atoms with Gasteiger partial charge in [0.2, 0.25) is 0 Å².